The lowest BCUT2D eigenvalue weighted by Gasteiger charge is -2.14. The molecule has 0 radical (unpaired) electrons. The Morgan fingerprint density at radius 3 is 3.00 bits per heavy atom. The van der Waals surface area contributed by atoms with Gasteiger partial charge in [0.15, 0.2) is 0 Å². The molecule has 0 aliphatic rings. The molecule has 1 unspecified atom stereocenters. The van der Waals surface area contributed by atoms with Gasteiger partial charge in [0, 0.05) is 12.4 Å². The molecular formula is C10H16ClN3OS. The van der Waals surface area contributed by atoms with E-state index in [1.165, 1.54) is 6.20 Å². The van der Waals surface area contributed by atoms with Crippen LogP contribution in [0.15, 0.2) is 6.20 Å². The second-order valence-corrected chi connectivity index (χ2v) is 4.79. The van der Waals surface area contributed by atoms with Gasteiger partial charge in [0.05, 0.1) is 6.20 Å². The van der Waals surface area contributed by atoms with Crippen LogP contribution < -0.4 is 5.32 Å². The van der Waals surface area contributed by atoms with Gasteiger partial charge < -0.3 is 5.32 Å². The Labute approximate surface area is 105 Å². The van der Waals surface area contributed by atoms with Crippen LogP contribution in [0.25, 0.3) is 0 Å². The molecule has 0 saturated carbocycles. The van der Waals surface area contributed by atoms with E-state index >= 15 is 0 Å². The molecule has 0 bridgehead atoms. The molecule has 1 heterocycles. The summed E-state index contributed by atoms with van der Waals surface area (Å²) in [6.07, 6.45) is 4.63. The van der Waals surface area contributed by atoms with Crippen molar-refractivity contribution in [2.45, 2.75) is 26.2 Å². The Bertz CT molecular complexity index is 299. The number of carbonyl (C=O) groups is 1. The first-order valence-corrected chi connectivity index (χ1v) is 6.70. The maximum atomic E-state index is 11.6. The zero-order chi connectivity index (χ0) is 11.8. The summed E-state index contributed by atoms with van der Waals surface area (Å²) in [6, 6.07) is 0. The Balaban J connectivity index is 2.34. The highest BCUT2D eigenvalue weighted by molar-refractivity contribution is 7.07. The summed E-state index contributed by atoms with van der Waals surface area (Å²) in [5, 5.41) is 6.52. The molecule has 4 nitrogen and oxygen atoms in total. The molecule has 1 aromatic rings. The topological polar surface area (TPSA) is 54.9 Å². The number of aromatic nitrogens is 2. The number of hydrogen-bond acceptors (Lipinski definition) is 4. The number of carbonyl (C=O) groups excluding carboxylic acids is 1. The lowest BCUT2D eigenvalue weighted by atomic mass is 10.0. The van der Waals surface area contributed by atoms with Crippen LogP contribution in [0.3, 0.4) is 0 Å². The summed E-state index contributed by atoms with van der Waals surface area (Å²) in [7, 11) is 0. The predicted octanol–water partition coefficient (Wildman–Crippen LogP) is 2.31. The van der Waals surface area contributed by atoms with E-state index in [2.05, 4.69) is 21.8 Å². The summed E-state index contributed by atoms with van der Waals surface area (Å²) in [4.78, 5) is 12.2. The minimum absolute atomic E-state index is 0.0920. The fraction of sp³-hybridized carbons (Fsp3) is 0.700. The van der Waals surface area contributed by atoms with Crippen molar-refractivity contribution in [1.29, 1.82) is 0 Å². The van der Waals surface area contributed by atoms with Crippen LogP contribution >= 0.6 is 23.1 Å². The lowest BCUT2D eigenvalue weighted by Crippen LogP contribution is -2.29. The van der Waals surface area contributed by atoms with Gasteiger partial charge in [-0.2, -0.15) is 0 Å². The van der Waals surface area contributed by atoms with Crippen LogP contribution in [0.2, 0.25) is 0 Å². The minimum atomic E-state index is -0.0920. The van der Waals surface area contributed by atoms with Crippen molar-refractivity contribution in [2.24, 2.45) is 5.92 Å². The molecule has 1 aromatic heterocycles. The fourth-order valence-electron chi connectivity index (χ4n) is 1.50. The first-order chi connectivity index (χ1) is 7.77. The van der Waals surface area contributed by atoms with Gasteiger partial charge in [-0.15, -0.1) is 16.7 Å². The molecule has 90 valence electrons. The first-order valence-electron chi connectivity index (χ1n) is 5.39. The summed E-state index contributed by atoms with van der Waals surface area (Å²) in [6.45, 7) is 2.81. The average molecular weight is 262 g/mol. The summed E-state index contributed by atoms with van der Waals surface area (Å²) in [5.74, 6) is 1.01. The van der Waals surface area contributed by atoms with Crippen LogP contribution in [-0.4, -0.2) is 27.9 Å². The monoisotopic (exact) mass is 261 g/mol. The van der Waals surface area contributed by atoms with Crippen molar-refractivity contribution in [3.8, 4) is 0 Å². The van der Waals surface area contributed by atoms with E-state index < -0.39 is 0 Å². The lowest BCUT2D eigenvalue weighted by molar-refractivity contribution is 0.0950. The normalized spacial score (nSPS) is 12.4. The van der Waals surface area contributed by atoms with Crippen LogP contribution in [-0.2, 0) is 0 Å². The fourth-order valence-corrected chi connectivity index (χ4v) is 2.24. The van der Waals surface area contributed by atoms with Crippen molar-refractivity contribution in [2.75, 3.05) is 12.4 Å². The largest absolute Gasteiger partial charge is 0.351 e. The van der Waals surface area contributed by atoms with Gasteiger partial charge in [-0.3, -0.25) is 4.79 Å². The van der Waals surface area contributed by atoms with E-state index in [9.17, 15) is 4.79 Å². The number of hydrogen-bond donors (Lipinski definition) is 1. The first kappa shape index (κ1) is 13.4. The predicted molar refractivity (Wildman–Crippen MR) is 66.0 cm³/mol. The molecule has 0 fully saturated rings. The van der Waals surface area contributed by atoms with Crippen LogP contribution in [0, 0.1) is 5.92 Å². The Hall–Kier alpha value is -0.680. The number of halogens is 1. The molecule has 0 aliphatic carbocycles. The molecule has 1 amide bonds. The Morgan fingerprint density at radius 2 is 2.44 bits per heavy atom. The van der Waals surface area contributed by atoms with Crippen molar-refractivity contribution < 1.29 is 4.79 Å². The van der Waals surface area contributed by atoms with Crippen LogP contribution in [0.5, 0.6) is 0 Å². The molecule has 6 heteroatoms. The standard InChI is InChI=1S/C10H16ClN3OS/c1-2-3-8(4-5-11)6-12-10(15)9-7-13-14-16-9/h7-8H,2-6H2,1H3,(H,12,15). The van der Waals surface area contributed by atoms with Crippen LogP contribution in [0.1, 0.15) is 35.9 Å². The molecule has 1 rings (SSSR count). The smallest absolute Gasteiger partial charge is 0.264 e. The van der Waals surface area contributed by atoms with E-state index in [0.29, 0.717) is 23.2 Å². The second-order valence-electron chi connectivity index (χ2n) is 3.62. The number of alkyl halides is 1. The third kappa shape index (κ3) is 4.45. The second kappa shape index (κ2) is 7.57. The van der Waals surface area contributed by atoms with Gasteiger partial charge >= 0.3 is 0 Å². The number of amides is 1. The maximum absolute atomic E-state index is 11.6. The summed E-state index contributed by atoms with van der Waals surface area (Å²) in [5.41, 5.74) is 0. The minimum Gasteiger partial charge on any atom is -0.351 e. The molecule has 1 atom stereocenters. The highest BCUT2D eigenvalue weighted by Crippen LogP contribution is 2.11. The van der Waals surface area contributed by atoms with Crippen molar-refractivity contribution in [3.63, 3.8) is 0 Å². The molecule has 0 saturated heterocycles. The van der Waals surface area contributed by atoms with E-state index in [-0.39, 0.29) is 5.91 Å². The Morgan fingerprint density at radius 1 is 1.62 bits per heavy atom. The highest BCUT2D eigenvalue weighted by Gasteiger charge is 2.11. The van der Waals surface area contributed by atoms with Gasteiger partial charge in [-0.25, -0.2) is 0 Å². The van der Waals surface area contributed by atoms with Crippen molar-refractivity contribution in [1.82, 2.24) is 14.9 Å². The molecule has 1 N–H and O–H groups in total. The number of nitrogens with zero attached hydrogens (tertiary/aromatic N) is 2. The van der Waals surface area contributed by atoms with E-state index in [1.54, 1.807) is 0 Å². The third-order valence-electron chi connectivity index (χ3n) is 2.35. The zero-order valence-electron chi connectivity index (χ0n) is 9.28. The van der Waals surface area contributed by atoms with Crippen LogP contribution in [0.4, 0.5) is 0 Å². The molecule has 0 aromatic carbocycles. The number of nitrogens with one attached hydrogen (secondary N) is 1. The molecule has 16 heavy (non-hydrogen) atoms. The molecule has 0 aliphatic heterocycles. The van der Waals surface area contributed by atoms with Gasteiger partial charge in [-0.05, 0) is 30.3 Å². The SMILES string of the molecule is CCCC(CCCl)CNC(=O)c1cnns1. The van der Waals surface area contributed by atoms with Crippen molar-refractivity contribution >= 4 is 29.0 Å². The van der Waals surface area contributed by atoms with Gasteiger partial charge in [0.25, 0.3) is 5.91 Å². The highest BCUT2D eigenvalue weighted by atomic mass is 35.5. The quantitative estimate of drug-likeness (QED) is 0.767. The van der Waals surface area contributed by atoms with Gasteiger partial charge in [0.1, 0.15) is 4.88 Å². The molecule has 0 spiro atoms. The maximum Gasteiger partial charge on any atom is 0.264 e. The third-order valence-corrected chi connectivity index (χ3v) is 3.23. The van der Waals surface area contributed by atoms with Gasteiger partial charge in [-0.1, -0.05) is 17.8 Å². The number of rotatable bonds is 7. The van der Waals surface area contributed by atoms with Gasteiger partial charge in [0.2, 0.25) is 0 Å². The molecular weight excluding hydrogens is 246 g/mol. The average Bonchev–Trinajstić information content (AvgIpc) is 2.79. The summed E-state index contributed by atoms with van der Waals surface area (Å²) < 4.78 is 3.65. The van der Waals surface area contributed by atoms with E-state index in [0.717, 1.165) is 30.8 Å². The summed E-state index contributed by atoms with van der Waals surface area (Å²) >= 11 is 6.83. The zero-order valence-corrected chi connectivity index (χ0v) is 10.9. The Kier molecular flexibility index (Phi) is 6.33. The van der Waals surface area contributed by atoms with E-state index in [4.69, 9.17) is 11.6 Å². The van der Waals surface area contributed by atoms with Crippen molar-refractivity contribution in [3.05, 3.63) is 11.1 Å². The van der Waals surface area contributed by atoms with E-state index in [1.807, 2.05) is 0 Å².